The number of nitrogens with zero attached hydrogens (tertiary/aromatic N) is 4. The van der Waals surface area contributed by atoms with E-state index in [1.807, 2.05) is 0 Å². The first-order valence-electron chi connectivity index (χ1n) is 6.60. The van der Waals surface area contributed by atoms with Gasteiger partial charge in [0.25, 0.3) is 10.0 Å². The van der Waals surface area contributed by atoms with Crippen molar-refractivity contribution in [2.24, 2.45) is 13.0 Å². The summed E-state index contributed by atoms with van der Waals surface area (Å²) >= 11 is 3.10. The van der Waals surface area contributed by atoms with Gasteiger partial charge >= 0.3 is 5.97 Å². The number of hydrogen-bond donors (Lipinski definition) is 0. The van der Waals surface area contributed by atoms with Crippen molar-refractivity contribution < 1.29 is 17.9 Å². The monoisotopic (exact) mass is 380 g/mol. The van der Waals surface area contributed by atoms with Crippen LogP contribution in [0.15, 0.2) is 9.63 Å². The molecule has 0 saturated carbocycles. The van der Waals surface area contributed by atoms with Gasteiger partial charge in [0.15, 0.2) is 4.60 Å². The summed E-state index contributed by atoms with van der Waals surface area (Å²) in [7, 11) is -2.15. The molecule has 0 bridgehead atoms. The summed E-state index contributed by atoms with van der Waals surface area (Å²) in [6, 6.07) is 0. The fourth-order valence-electron chi connectivity index (χ4n) is 2.31. The molecule has 1 aliphatic heterocycles. The van der Waals surface area contributed by atoms with E-state index < -0.39 is 10.0 Å². The summed E-state index contributed by atoms with van der Waals surface area (Å²) in [6.07, 6.45) is 0.919. The molecular weight excluding hydrogens is 364 g/mol. The first kappa shape index (κ1) is 16.4. The van der Waals surface area contributed by atoms with Crippen LogP contribution in [-0.2, 0) is 26.6 Å². The molecule has 1 saturated heterocycles. The van der Waals surface area contributed by atoms with Gasteiger partial charge in [0.1, 0.15) is 0 Å². The standard InChI is InChI=1S/C11H17BrN4O4S/c1-3-20-11(17)8-4-6-16(7-5-8)21(18,19)10-9(12)13-14-15(10)2/h8H,3-7H2,1-2H3. The Morgan fingerprint density at radius 3 is 2.52 bits per heavy atom. The lowest BCUT2D eigenvalue weighted by atomic mass is 9.98. The summed E-state index contributed by atoms with van der Waals surface area (Å²) < 4.78 is 32.9. The van der Waals surface area contributed by atoms with Gasteiger partial charge in [-0.3, -0.25) is 4.79 Å². The minimum Gasteiger partial charge on any atom is -0.466 e. The van der Waals surface area contributed by atoms with Crippen molar-refractivity contribution in [3.63, 3.8) is 0 Å². The molecular formula is C11H17BrN4O4S. The van der Waals surface area contributed by atoms with Crippen molar-refractivity contribution in [2.45, 2.75) is 24.8 Å². The van der Waals surface area contributed by atoms with Gasteiger partial charge in [0.05, 0.1) is 12.5 Å². The van der Waals surface area contributed by atoms with Gasteiger partial charge in [0.2, 0.25) is 5.03 Å². The molecule has 1 fully saturated rings. The van der Waals surface area contributed by atoms with Gasteiger partial charge < -0.3 is 4.74 Å². The molecule has 2 rings (SSSR count). The number of sulfonamides is 1. The number of halogens is 1. The summed E-state index contributed by atoms with van der Waals surface area (Å²) in [5.41, 5.74) is 0. The zero-order valence-corrected chi connectivity index (χ0v) is 14.2. The molecule has 0 radical (unpaired) electrons. The summed E-state index contributed by atoms with van der Waals surface area (Å²) in [5.74, 6) is -0.484. The third-order valence-corrected chi connectivity index (χ3v) is 6.18. The highest BCUT2D eigenvalue weighted by atomic mass is 79.9. The molecule has 0 N–H and O–H groups in total. The largest absolute Gasteiger partial charge is 0.466 e. The van der Waals surface area contributed by atoms with Crippen LogP contribution in [0.2, 0.25) is 0 Å². The van der Waals surface area contributed by atoms with Crippen LogP contribution in [0.3, 0.4) is 0 Å². The smallest absolute Gasteiger partial charge is 0.309 e. The van der Waals surface area contributed by atoms with Gasteiger partial charge in [-0.2, -0.15) is 4.31 Å². The molecule has 0 aromatic carbocycles. The van der Waals surface area contributed by atoms with Crippen LogP contribution in [0, 0.1) is 5.92 Å². The third kappa shape index (κ3) is 3.27. The molecule has 0 aliphatic carbocycles. The maximum Gasteiger partial charge on any atom is 0.309 e. The minimum absolute atomic E-state index is 0.0251. The predicted octanol–water partition coefficient (Wildman–Crippen LogP) is 0.541. The lowest BCUT2D eigenvalue weighted by Gasteiger charge is -2.29. The summed E-state index contributed by atoms with van der Waals surface area (Å²) in [4.78, 5) is 11.7. The number of hydrogen-bond acceptors (Lipinski definition) is 6. The number of rotatable bonds is 4. The van der Waals surface area contributed by atoms with Gasteiger partial charge in [0, 0.05) is 20.1 Å². The molecule has 0 unspecified atom stereocenters. The molecule has 1 aromatic heterocycles. The van der Waals surface area contributed by atoms with E-state index in [1.54, 1.807) is 6.92 Å². The Kier molecular flexibility index (Phi) is 4.99. The second-order valence-corrected chi connectivity index (χ2v) is 7.34. The maximum absolute atomic E-state index is 12.6. The Balaban J connectivity index is 2.10. The van der Waals surface area contributed by atoms with Crippen molar-refractivity contribution in [1.29, 1.82) is 0 Å². The molecule has 0 atom stereocenters. The van der Waals surface area contributed by atoms with Gasteiger partial charge in [-0.1, -0.05) is 5.21 Å². The zero-order chi connectivity index (χ0) is 15.6. The molecule has 8 nitrogen and oxygen atoms in total. The van der Waals surface area contributed by atoms with Crippen LogP contribution < -0.4 is 0 Å². The lowest BCUT2D eigenvalue weighted by Crippen LogP contribution is -2.41. The minimum atomic E-state index is -3.67. The Morgan fingerprint density at radius 2 is 2.05 bits per heavy atom. The zero-order valence-electron chi connectivity index (χ0n) is 11.8. The molecule has 1 aliphatic rings. The van der Waals surface area contributed by atoms with E-state index >= 15 is 0 Å². The van der Waals surface area contributed by atoms with E-state index in [9.17, 15) is 13.2 Å². The van der Waals surface area contributed by atoms with Gasteiger partial charge in [-0.15, -0.1) is 5.10 Å². The number of aromatic nitrogens is 3. The third-order valence-electron chi connectivity index (χ3n) is 3.40. The average Bonchev–Trinajstić information content (AvgIpc) is 2.79. The SMILES string of the molecule is CCOC(=O)C1CCN(S(=O)(=O)c2c(Br)nnn2C)CC1. The Bertz CT molecular complexity index is 603. The Morgan fingerprint density at radius 1 is 1.43 bits per heavy atom. The van der Waals surface area contributed by atoms with Crippen LogP contribution in [0.25, 0.3) is 0 Å². The average molecular weight is 381 g/mol. The number of esters is 1. The van der Waals surface area contributed by atoms with Crippen molar-refractivity contribution in [2.75, 3.05) is 19.7 Å². The number of ether oxygens (including phenoxy) is 1. The van der Waals surface area contributed by atoms with E-state index in [-0.39, 0.29) is 34.6 Å². The highest BCUT2D eigenvalue weighted by Gasteiger charge is 2.35. The van der Waals surface area contributed by atoms with Gasteiger partial charge in [-0.05, 0) is 35.7 Å². The number of aryl methyl sites for hydroxylation is 1. The Labute approximate surface area is 131 Å². The van der Waals surface area contributed by atoms with Crippen LogP contribution >= 0.6 is 15.9 Å². The van der Waals surface area contributed by atoms with Crippen LogP contribution in [0.1, 0.15) is 19.8 Å². The number of piperidine rings is 1. The molecule has 21 heavy (non-hydrogen) atoms. The number of carbonyl (C=O) groups excluding carboxylic acids is 1. The molecule has 10 heteroatoms. The highest BCUT2D eigenvalue weighted by Crippen LogP contribution is 2.27. The van der Waals surface area contributed by atoms with Gasteiger partial charge in [-0.25, -0.2) is 13.1 Å². The molecule has 1 aromatic rings. The molecule has 0 amide bonds. The van der Waals surface area contributed by atoms with E-state index in [0.717, 1.165) is 0 Å². The van der Waals surface area contributed by atoms with Crippen molar-refractivity contribution in [3.8, 4) is 0 Å². The van der Waals surface area contributed by atoms with Crippen LogP contribution in [0.4, 0.5) is 0 Å². The van der Waals surface area contributed by atoms with Crippen molar-refractivity contribution >= 4 is 31.9 Å². The normalized spacial score (nSPS) is 17.9. The Hall–Kier alpha value is -1.00. The predicted molar refractivity (Wildman–Crippen MR) is 76.8 cm³/mol. The first-order valence-corrected chi connectivity index (χ1v) is 8.83. The second kappa shape index (κ2) is 6.41. The fourth-order valence-corrected chi connectivity index (χ4v) is 4.81. The van der Waals surface area contributed by atoms with Crippen molar-refractivity contribution in [1.82, 2.24) is 19.3 Å². The maximum atomic E-state index is 12.6. The molecule has 0 spiro atoms. The van der Waals surface area contributed by atoms with Crippen LogP contribution in [0.5, 0.6) is 0 Å². The highest BCUT2D eigenvalue weighted by molar-refractivity contribution is 9.10. The summed E-state index contributed by atoms with van der Waals surface area (Å²) in [6.45, 7) is 2.66. The molecule has 118 valence electrons. The van der Waals surface area contributed by atoms with E-state index in [4.69, 9.17) is 4.74 Å². The second-order valence-electron chi connectivity index (χ2n) is 4.74. The molecule has 2 heterocycles. The van der Waals surface area contributed by atoms with Crippen LogP contribution in [-0.4, -0.2) is 53.4 Å². The van der Waals surface area contributed by atoms with E-state index in [1.165, 1.54) is 16.0 Å². The quantitative estimate of drug-likeness (QED) is 0.707. The lowest BCUT2D eigenvalue weighted by molar-refractivity contribution is -0.149. The fraction of sp³-hybridized carbons (Fsp3) is 0.727. The summed E-state index contributed by atoms with van der Waals surface area (Å²) in [5, 5.41) is 7.40. The topological polar surface area (TPSA) is 94.4 Å². The van der Waals surface area contributed by atoms with E-state index in [2.05, 4.69) is 26.2 Å². The van der Waals surface area contributed by atoms with E-state index in [0.29, 0.717) is 19.4 Å². The number of carbonyl (C=O) groups is 1. The first-order chi connectivity index (χ1) is 9.87. The van der Waals surface area contributed by atoms with Crippen molar-refractivity contribution in [3.05, 3.63) is 4.60 Å².